The first kappa shape index (κ1) is 10.9. The summed E-state index contributed by atoms with van der Waals surface area (Å²) in [5, 5.41) is 0. The van der Waals surface area contributed by atoms with Crippen molar-refractivity contribution in [2.45, 2.75) is 27.2 Å². The van der Waals surface area contributed by atoms with E-state index in [1.807, 2.05) is 0 Å². The number of benzene rings is 2. The van der Waals surface area contributed by atoms with Crippen LogP contribution in [0.25, 0.3) is 11.1 Å². The molecule has 0 aromatic heterocycles. The number of aryl methyl sites for hydroxylation is 2. The van der Waals surface area contributed by atoms with Gasteiger partial charge in [-0.1, -0.05) is 49.4 Å². The Bertz CT molecular complexity index is 481. The topological polar surface area (TPSA) is 0 Å². The molecule has 82 valence electrons. The lowest BCUT2D eigenvalue weighted by Gasteiger charge is -2.14. The van der Waals surface area contributed by atoms with Crippen LogP contribution in [0.3, 0.4) is 0 Å². The Balaban J connectivity index is 2.67. The largest absolute Gasteiger partial charge is 0.0622 e. The maximum atomic E-state index is 2.25. The van der Waals surface area contributed by atoms with Gasteiger partial charge in [0.15, 0.2) is 0 Å². The fraction of sp³-hybridized carbons (Fsp3) is 0.250. The second-order valence-electron chi connectivity index (χ2n) is 4.26. The van der Waals surface area contributed by atoms with Gasteiger partial charge in [0.05, 0.1) is 0 Å². The first-order chi connectivity index (χ1) is 7.74. The molecule has 0 aliphatic heterocycles. The quantitative estimate of drug-likeness (QED) is 0.683. The van der Waals surface area contributed by atoms with Crippen LogP contribution >= 0.6 is 0 Å². The minimum Gasteiger partial charge on any atom is -0.0622 e. The fourth-order valence-electron chi connectivity index (χ4n) is 2.17. The van der Waals surface area contributed by atoms with Gasteiger partial charge in [0.1, 0.15) is 0 Å². The SMILES string of the molecule is CCc1ccc(C)c(C)c1-c1ccccc1. The van der Waals surface area contributed by atoms with Gasteiger partial charge in [-0.3, -0.25) is 0 Å². The van der Waals surface area contributed by atoms with E-state index in [0.29, 0.717) is 0 Å². The smallest absolute Gasteiger partial charge is 0.0120 e. The normalized spacial score (nSPS) is 10.4. The van der Waals surface area contributed by atoms with Crippen LogP contribution in [0.1, 0.15) is 23.6 Å². The summed E-state index contributed by atoms with van der Waals surface area (Å²) >= 11 is 0. The predicted molar refractivity (Wildman–Crippen MR) is 70.7 cm³/mol. The zero-order chi connectivity index (χ0) is 11.5. The molecule has 0 bridgehead atoms. The molecular weight excluding hydrogens is 192 g/mol. The van der Waals surface area contributed by atoms with Crippen molar-refractivity contribution in [3.63, 3.8) is 0 Å². The van der Waals surface area contributed by atoms with Gasteiger partial charge < -0.3 is 0 Å². The van der Waals surface area contributed by atoms with Crippen molar-refractivity contribution < 1.29 is 0 Å². The molecule has 0 fully saturated rings. The molecule has 0 amide bonds. The summed E-state index contributed by atoms with van der Waals surface area (Å²) in [4.78, 5) is 0. The lowest BCUT2D eigenvalue weighted by atomic mass is 9.91. The number of hydrogen-bond acceptors (Lipinski definition) is 0. The molecule has 0 unspecified atom stereocenters. The zero-order valence-corrected chi connectivity index (χ0v) is 10.2. The van der Waals surface area contributed by atoms with E-state index in [9.17, 15) is 0 Å². The highest BCUT2D eigenvalue weighted by molar-refractivity contribution is 5.72. The monoisotopic (exact) mass is 210 g/mol. The Hall–Kier alpha value is -1.56. The van der Waals surface area contributed by atoms with Crippen LogP contribution in [0.5, 0.6) is 0 Å². The Morgan fingerprint density at radius 2 is 1.56 bits per heavy atom. The standard InChI is InChI=1S/C16H18/c1-4-14-11-10-12(2)13(3)16(14)15-8-6-5-7-9-15/h5-11H,4H2,1-3H3. The van der Waals surface area contributed by atoms with Crippen molar-refractivity contribution in [3.05, 3.63) is 59.2 Å². The van der Waals surface area contributed by atoms with Crippen molar-refractivity contribution in [1.29, 1.82) is 0 Å². The molecule has 0 spiro atoms. The third-order valence-electron chi connectivity index (χ3n) is 3.27. The highest BCUT2D eigenvalue weighted by Gasteiger charge is 2.08. The Morgan fingerprint density at radius 3 is 2.19 bits per heavy atom. The van der Waals surface area contributed by atoms with Crippen molar-refractivity contribution >= 4 is 0 Å². The van der Waals surface area contributed by atoms with Gasteiger partial charge in [-0.2, -0.15) is 0 Å². The Kier molecular flexibility index (Phi) is 3.09. The molecule has 0 heteroatoms. The van der Waals surface area contributed by atoms with E-state index >= 15 is 0 Å². The Labute approximate surface area is 97.9 Å². The van der Waals surface area contributed by atoms with Crippen molar-refractivity contribution in [3.8, 4) is 11.1 Å². The van der Waals surface area contributed by atoms with Crippen LogP contribution in [-0.2, 0) is 6.42 Å². The van der Waals surface area contributed by atoms with Gasteiger partial charge in [-0.25, -0.2) is 0 Å². The van der Waals surface area contributed by atoms with Crippen LogP contribution in [0.4, 0.5) is 0 Å². The maximum absolute atomic E-state index is 2.25. The van der Waals surface area contributed by atoms with Gasteiger partial charge in [-0.05, 0) is 48.1 Å². The molecule has 0 aliphatic carbocycles. The highest BCUT2D eigenvalue weighted by atomic mass is 14.1. The molecule has 0 N–H and O–H groups in total. The first-order valence-corrected chi connectivity index (χ1v) is 5.88. The van der Waals surface area contributed by atoms with E-state index in [4.69, 9.17) is 0 Å². The lowest BCUT2D eigenvalue weighted by Crippen LogP contribution is -1.93. The second kappa shape index (κ2) is 4.52. The third-order valence-corrected chi connectivity index (χ3v) is 3.27. The summed E-state index contributed by atoms with van der Waals surface area (Å²) in [5.74, 6) is 0. The fourth-order valence-corrected chi connectivity index (χ4v) is 2.17. The summed E-state index contributed by atoms with van der Waals surface area (Å²) in [5.41, 5.74) is 6.97. The number of rotatable bonds is 2. The van der Waals surface area contributed by atoms with Gasteiger partial charge in [0, 0.05) is 0 Å². The van der Waals surface area contributed by atoms with Gasteiger partial charge in [0.25, 0.3) is 0 Å². The summed E-state index contributed by atoms with van der Waals surface area (Å²) in [6, 6.07) is 15.2. The van der Waals surface area contributed by atoms with Crippen molar-refractivity contribution in [1.82, 2.24) is 0 Å². The molecule has 0 saturated carbocycles. The Morgan fingerprint density at radius 1 is 0.875 bits per heavy atom. The molecule has 2 aromatic rings. The molecule has 0 heterocycles. The average Bonchev–Trinajstić information content (AvgIpc) is 2.33. The molecule has 0 nitrogen and oxygen atoms in total. The molecule has 0 saturated heterocycles. The van der Waals surface area contributed by atoms with Crippen LogP contribution < -0.4 is 0 Å². The molecular formula is C16H18. The van der Waals surface area contributed by atoms with E-state index in [-0.39, 0.29) is 0 Å². The van der Waals surface area contributed by atoms with Crippen LogP contribution in [0.2, 0.25) is 0 Å². The molecule has 0 atom stereocenters. The summed E-state index contributed by atoms with van der Waals surface area (Å²) in [6.07, 6.45) is 1.09. The minimum absolute atomic E-state index is 1.09. The van der Waals surface area contributed by atoms with Gasteiger partial charge in [-0.15, -0.1) is 0 Å². The van der Waals surface area contributed by atoms with E-state index in [1.165, 1.54) is 27.8 Å². The van der Waals surface area contributed by atoms with Crippen LogP contribution in [0.15, 0.2) is 42.5 Å². The van der Waals surface area contributed by atoms with Gasteiger partial charge >= 0.3 is 0 Å². The third kappa shape index (κ3) is 1.88. The van der Waals surface area contributed by atoms with E-state index in [0.717, 1.165) is 6.42 Å². The minimum atomic E-state index is 1.09. The zero-order valence-electron chi connectivity index (χ0n) is 10.2. The summed E-state index contributed by atoms with van der Waals surface area (Å²) < 4.78 is 0. The van der Waals surface area contributed by atoms with E-state index in [2.05, 4.69) is 63.2 Å². The van der Waals surface area contributed by atoms with Crippen molar-refractivity contribution in [2.24, 2.45) is 0 Å². The highest BCUT2D eigenvalue weighted by Crippen LogP contribution is 2.29. The van der Waals surface area contributed by atoms with E-state index in [1.54, 1.807) is 0 Å². The number of hydrogen-bond donors (Lipinski definition) is 0. The molecule has 0 radical (unpaired) electrons. The molecule has 16 heavy (non-hydrogen) atoms. The van der Waals surface area contributed by atoms with Gasteiger partial charge in [0.2, 0.25) is 0 Å². The molecule has 0 aliphatic rings. The summed E-state index contributed by atoms with van der Waals surface area (Å²) in [7, 11) is 0. The average molecular weight is 210 g/mol. The van der Waals surface area contributed by atoms with Crippen LogP contribution in [0, 0.1) is 13.8 Å². The summed E-state index contributed by atoms with van der Waals surface area (Å²) in [6.45, 7) is 6.62. The lowest BCUT2D eigenvalue weighted by molar-refractivity contribution is 1.13. The molecule has 2 aromatic carbocycles. The van der Waals surface area contributed by atoms with Crippen LogP contribution in [-0.4, -0.2) is 0 Å². The van der Waals surface area contributed by atoms with E-state index < -0.39 is 0 Å². The maximum Gasteiger partial charge on any atom is -0.0120 e. The first-order valence-electron chi connectivity index (χ1n) is 5.88. The second-order valence-corrected chi connectivity index (χ2v) is 4.26. The molecule has 2 rings (SSSR count). The predicted octanol–water partition coefficient (Wildman–Crippen LogP) is 4.53. The van der Waals surface area contributed by atoms with Crippen molar-refractivity contribution in [2.75, 3.05) is 0 Å².